The molecule has 7 heteroatoms. The molecular formula is C22H31ClN2O3S. The standard InChI is InChI=1S/C22H31ClN2O3S/c1-21(2)16-8-11-22(21,3)19(14-16)24-20(26)15-9-12-25(13-10-15)29(27,28)18-6-4-17(23)5-7-18/h4-7,15-16,19H,8-14H2,1-3H3,(H,24,26)/t16-,19+,22-/m0/s1. The highest BCUT2D eigenvalue weighted by molar-refractivity contribution is 7.89. The molecule has 1 aliphatic heterocycles. The third kappa shape index (κ3) is 3.41. The molecule has 0 unspecified atom stereocenters. The molecule has 160 valence electrons. The third-order valence-corrected chi connectivity index (χ3v) is 10.6. The Balaban J connectivity index is 1.36. The van der Waals surface area contributed by atoms with Gasteiger partial charge in [-0.1, -0.05) is 32.4 Å². The molecule has 3 aliphatic rings. The van der Waals surface area contributed by atoms with Crippen molar-refractivity contribution in [2.75, 3.05) is 13.1 Å². The quantitative estimate of drug-likeness (QED) is 0.770. The molecule has 3 atom stereocenters. The Kier molecular flexibility index (Phi) is 5.28. The molecular weight excluding hydrogens is 408 g/mol. The van der Waals surface area contributed by atoms with Crippen molar-refractivity contribution in [3.8, 4) is 0 Å². The summed E-state index contributed by atoms with van der Waals surface area (Å²) in [6.07, 6.45) is 4.63. The summed E-state index contributed by atoms with van der Waals surface area (Å²) in [6, 6.07) is 6.49. The zero-order valence-electron chi connectivity index (χ0n) is 17.4. The molecule has 1 N–H and O–H groups in total. The van der Waals surface area contributed by atoms with E-state index in [-0.39, 0.29) is 33.6 Å². The third-order valence-electron chi connectivity index (χ3n) is 8.39. The van der Waals surface area contributed by atoms with E-state index in [0.717, 1.165) is 6.42 Å². The topological polar surface area (TPSA) is 66.5 Å². The van der Waals surface area contributed by atoms with Crippen LogP contribution in [0.1, 0.15) is 52.9 Å². The molecule has 29 heavy (non-hydrogen) atoms. The van der Waals surface area contributed by atoms with E-state index >= 15 is 0 Å². The molecule has 0 radical (unpaired) electrons. The Morgan fingerprint density at radius 3 is 2.24 bits per heavy atom. The molecule has 4 rings (SSSR count). The van der Waals surface area contributed by atoms with Crippen LogP contribution in [0.5, 0.6) is 0 Å². The predicted molar refractivity (Wildman–Crippen MR) is 114 cm³/mol. The smallest absolute Gasteiger partial charge is 0.243 e. The molecule has 1 aromatic rings. The Labute approximate surface area is 179 Å². The van der Waals surface area contributed by atoms with Crippen molar-refractivity contribution in [3.05, 3.63) is 29.3 Å². The first-order valence-corrected chi connectivity index (χ1v) is 12.4. The lowest BCUT2D eigenvalue weighted by atomic mass is 9.69. The number of carbonyl (C=O) groups excluding carboxylic acids is 1. The number of amides is 1. The SMILES string of the molecule is CC1(C)[C@H]2CC[C@@]1(C)[C@H](NC(=O)C1CCN(S(=O)(=O)c3ccc(Cl)cc3)CC1)C2. The first kappa shape index (κ1) is 21.1. The number of carbonyl (C=O) groups is 1. The number of nitrogens with one attached hydrogen (secondary N) is 1. The summed E-state index contributed by atoms with van der Waals surface area (Å²) in [7, 11) is -3.54. The maximum atomic E-state index is 13.0. The fourth-order valence-electron chi connectivity index (χ4n) is 5.83. The van der Waals surface area contributed by atoms with Crippen molar-refractivity contribution in [2.24, 2.45) is 22.7 Å². The Morgan fingerprint density at radius 1 is 1.10 bits per heavy atom. The molecule has 5 nitrogen and oxygen atoms in total. The lowest BCUT2D eigenvalue weighted by molar-refractivity contribution is -0.127. The van der Waals surface area contributed by atoms with E-state index in [1.165, 1.54) is 29.3 Å². The van der Waals surface area contributed by atoms with Crippen LogP contribution in [0.3, 0.4) is 0 Å². The van der Waals surface area contributed by atoms with Gasteiger partial charge < -0.3 is 5.32 Å². The fourth-order valence-corrected chi connectivity index (χ4v) is 7.42. The number of halogens is 1. The molecule has 3 fully saturated rings. The van der Waals surface area contributed by atoms with Crippen LogP contribution in [0, 0.1) is 22.7 Å². The number of nitrogens with zero attached hydrogens (tertiary/aromatic N) is 1. The zero-order chi connectivity index (χ0) is 21.0. The fraction of sp³-hybridized carbons (Fsp3) is 0.682. The van der Waals surface area contributed by atoms with Gasteiger partial charge in [0.25, 0.3) is 0 Å². The summed E-state index contributed by atoms with van der Waals surface area (Å²) in [5.41, 5.74) is 0.424. The molecule has 1 heterocycles. The van der Waals surface area contributed by atoms with Crippen LogP contribution in [0.2, 0.25) is 5.02 Å². The van der Waals surface area contributed by atoms with Gasteiger partial charge in [-0.05, 0) is 73.1 Å². The van der Waals surface area contributed by atoms with Crippen molar-refractivity contribution in [2.45, 2.75) is 63.8 Å². The summed E-state index contributed by atoms with van der Waals surface area (Å²) in [5, 5.41) is 3.86. The largest absolute Gasteiger partial charge is 0.353 e. The average molecular weight is 439 g/mol. The monoisotopic (exact) mass is 438 g/mol. The van der Waals surface area contributed by atoms with Gasteiger partial charge in [0, 0.05) is 30.1 Å². The molecule has 1 saturated heterocycles. The van der Waals surface area contributed by atoms with E-state index in [1.54, 1.807) is 12.1 Å². The van der Waals surface area contributed by atoms with Crippen LogP contribution < -0.4 is 5.32 Å². The second kappa shape index (κ2) is 7.24. The Morgan fingerprint density at radius 2 is 1.72 bits per heavy atom. The number of rotatable bonds is 4. The van der Waals surface area contributed by atoms with Crippen LogP contribution >= 0.6 is 11.6 Å². The van der Waals surface area contributed by atoms with Gasteiger partial charge in [-0.2, -0.15) is 4.31 Å². The first-order valence-electron chi connectivity index (χ1n) is 10.6. The predicted octanol–water partition coefficient (Wildman–Crippen LogP) is 4.07. The molecule has 2 aliphatic carbocycles. The van der Waals surface area contributed by atoms with Crippen molar-refractivity contribution in [3.63, 3.8) is 0 Å². The number of sulfonamides is 1. The highest BCUT2D eigenvalue weighted by Gasteiger charge is 2.61. The van der Waals surface area contributed by atoms with Crippen LogP contribution in [0.15, 0.2) is 29.2 Å². The van der Waals surface area contributed by atoms with Gasteiger partial charge in [-0.3, -0.25) is 4.79 Å². The molecule has 2 bridgehead atoms. The highest BCUT2D eigenvalue weighted by Crippen LogP contribution is 2.65. The first-order chi connectivity index (χ1) is 13.6. The van der Waals surface area contributed by atoms with Crippen LogP contribution in [-0.2, 0) is 14.8 Å². The lowest BCUT2D eigenvalue weighted by Crippen LogP contribution is -2.50. The minimum absolute atomic E-state index is 0.100. The second-order valence-corrected chi connectivity index (χ2v) is 12.2. The minimum Gasteiger partial charge on any atom is -0.353 e. The van der Waals surface area contributed by atoms with Crippen molar-refractivity contribution in [1.82, 2.24) is 9.62 Å². The van der Waals surface area contributed by atoms with Crippen molar-refractivity contribution in [1.29, 1.82) is 0 Å². The van der Waals surface area contributed by atoms with Crippen LogP contribution in [0.25, 0.3) is 0 Å². The van der Waals surface area contributed by atoms with Gasteiger partial charge in [0.2, 0.25) is 15.9 Å². The van der Waals surface area contributed by atoms with E-state index in [9.17, 15) is 13.2 Å². The number of piperidine rings is 1. The van der Waals surface area contributed by atoms with Gasteiger partial charge >= 0.3 is 0 Å². The summed E-state index contributed by atoms with van der Waals surface area (Å²) in [5.74, 6) is 0.671. The molecule has 0 spiro atoms. The van der Waals surface area contributed by atoms with E-state index in [1.807, 2.05) is 0 Å². The van der Waals surface area contributed by atoms with Crippen molar-refractivity contribution < 1.29 is 13.2 Å². The normalized spacial score (nSPS) is 32.4. The lowest BCUT2D eigenvalue weighted by Gasteiger charge is -2.40. The van der Waals surface area contributed by atoms with Crippen molar-refractivity contribution >= 4 is 27.5 Å². The average Bonchev–Trinajstić information content (AvgIpc) is 3.02. The van der Waals surface area contributed by atoms with Gasteiger partial charge in [0.1, 0.15) is 0 Å². The van der Waals surface area contributed by atoms with Gasteiger partial charge in [0.15, 0.2) is 0 Å². The maximum absolute atomic E-state index is 13.0. The summed E-state index contributed by atoms with van der Waals surface area (Å²) in [6.45, 7) is 7.76. The molecule has 2 saturated carbocycles. The van der Waals surface area contributed by atoms with Crippen LogP contribution in [-0.4, -0.2) is 37.8 Å². The molecule has 1 aromatic carbocycles. The number of benzene rings is 1. The van der Waals surface area contributed by atoms with E-state index in [2.05, 4.69) is 26.1 Å². The minimum atomic E-state index is -3.54. The number of hydrogen-bond acceptors (Lipinski definition) is 3. The molecule has 0 aromatic heterocycles. The van der Waals surface area contributed by atoms with E-state index < -0.39 is 10.0 Å². The summed E-state index contributed by atoms with van der Waals surface area (Å²) >= 11 is 5.87. The Bertz CT molecular complexity index is 891. The molecule has 1 amide bonds. The van der Waals surface area contributed by atoms with Gasteiger partial charge in [0.05, 0.1) is 4.90 Å². The highest BCUT2D eigenvalue weighted by atomic mass is 35.5. The zero-order valence-corrected chi connectivity index (χ0v) is 19.0. The number of hydrogen-bond donors (Lipinski definition) is 1. The Hall–Kier alpha value is -1.11. The summed E-state index contributed by atoms with van der Waals surface area (Å²) in [4.78, 5) is 13.2. The number of fused-ring (bicyclic) bond motifs is 2. The van der Waals surface area contributed by atoms with E-state index in [4.69, 9.17) is 11.6 Å². The summed E-state index contributed by atoms with van der Waals surface area (Å²) < 4.78 is 27.2. The van der Waals surface area contributed by atoms with E-state index in [0.29, 0.717) is 36.9 Å². The maximum Gasteiger partial charge on any atom is 0.243 e. The van der Waals surface area contributed by atoms with Gasteiger partial charge in [-0.25, -0.2) is 8.42 Å². The van der Waals surface area contributed by atoms with Gasteiger partial charge in [-0.15, -0.1) is 0 Å². The van der Waals surface area contributed by atoms with Crippen LogP contribution in [0.4, 0.5) is 0 Å². The second-order valence-electron chi connectivity index (χ2n) is 9.80.